The lowest BCUT2D eigenvalue weighted by Crippen LogP contribution is -2.58. The highest BCUT2D eigenvalue weighted by molar-refractivity contribution is 6.33. The fraction of sp³-hybridized carbons (Fsp3) is 0.318. The van der Waals surface area contributed by atoms with Gasteiger partial charge >= 0.3 is 12.2 Å². The second kappa shape index (κ2) is 8.88. The molecule has 194 valence electrons. The molecule has 0 bridgehead atoms. The van der Waals surface area contributed by atoms with E-state index in [0.29, 0.717) is 11.9 Å². The van der Waals surface area contributed by atoms with Gasteiger partial charge in [0.1, 0.15) is 17.4 Å². The van der Waals surface area contributed by atoms with E-state index in [2.05, 4.69) is 26.2 Å². The normalized spacial score (nSPS) is 25.2. The number of hydrogen-bond acceptors (Lipinski definition) is 8. The monoisotopic (exact) mass is 537 g/mol. The summed E-state index contributed by atoms with van der Waals surface area (Å²) in [5.41, 5.74) is 1.36. The summed E-state index contributed by atoms with van der Waals surface area (Å²) in [6, 6.07) is 8.97. The molecule has 3 aliphatic rings. The van der Waals surface area contributed by atoms with Gasteiger partial charge in [0, 0.05) is 19.3 Å². The van der Waals surface area contributed by atoms with Crippen LogP contribution in [-0.2, 0) is 20.6 Å². The van der Waals surface area contributed by atoms with E-state index in [1.54, 1.807) is 37.3 Å². The Hall–Kier alpha value is -3.91. The molecule has 4 heterocycles. The summed E-state index contributed by atoms with van der Waals surface area (Å²) in [7, 11) is 0. The van der Waals surface area contributed by atoms with Gasteiger partial charge in [0.15, 0.2) is 5.66 Å². The fourth-order valence-electron chi connectivity index (χ4n) is 4.32. The molecule has 11 nitrogen and oxygen atoms in total. The molecular weight excluding hydrogens is 519 g/mol. The van der Waals surface area contributed by atoms with E-state index in [4.69, 9.17) is 16.4 Å². The van der Waals surface area contributed by atoms with Crippen LogP contribution in [0.3, 0.4) is 0 Å². The number of imide groups is 1. The van der Waals surface area contributed by atoms with Crippen molar-refractivity contribution < 1.29 is 32.4 Å². The molecule has 5 rings (SSSR count). The Bertz CT molecular complexity index is 1310. The maximum atomic E-state index is 13.2. The van der Waals surface area contributed by atoms with Gasteiger partial charge < -0.3 is 15.5 Å². The zero-order valence-corrected chi connectivity index (χ0v) is 19.8. The standard InChI is InChI=1S/C22H19ClF3N7O4/c1-21(29-20(36)33(31-21)12-5-3-2-4-6-12)16-14-15(37-30-16)19(35)32(18(14)34)8-7-27-17-13(23)9-11(10-28-17)22(24,25)26/h2-6,9-10,14-15,31H,7-8H2,1H3,(H,27,28)(H,29,36)/t14-,15-,21-/m1/s1. The molecule has 3 atom stereocenters. The van der Waals surface area contributed by atoms with Crippen molar-refractivity contribution in [2.75, 3.05) is 23.4 Å². The van der Waals surface area contributed by atoms with Gasteiger partial charge in [0.05, 0.1) is 16.3 Å². The van der Waals surface area contributed by atoms with Crippen molar-refractivity contribution in [3.05, 3.63) is 53.2 Å². The van der Waals surface area contributed by atoms with E-state index in [0.717, 1.165) is 11.0 Å². The number of anilines is 2. The van der Waals surface area contributed by atoms with Gasteiger partial charge in [-0.3, -0.25) is 14.5 Å². The molecule has 3 N–H and O–H groups in total. The number of nitrogens with zero attached hydrogens (tertiary/aromatic N) is 4. The summed E-state index contributed by atoms with van der Waals surface area (Å²) in [6.45, 7) is 1.43. The van der Waals surface area contributed by atoms with Crippen molar-refractivity contribution in [1.82, 2.24) is 20.6 Å². The quantitative estimate of drug-likeness (QED) is 0.483. The predicted molar refractivity (Wildman–Crippen MR) is 124 cm³/mol. The Kier molecular flexibility index (Phi) is 5.95. The molecule has 4 amide bonds. The Morgan fingerprint density at radius 1 is 1.19 bits per heavy atom. The number of alkyl halides is 3. The number of hydrogen-bond donors (Lipinski definition) is 3. The number of pyridine rings is 1. The van der Waals surface area contributed by atoms with Gasteiger partial charge in [-0.15, -0.1) is 0 Å². The van der Waals surface area contributed by atoms with Crippen LogP contribution in [-0.4, -0.2) is 58.3 Å². The molecule has 1 aromatic heterocycles. The Balaban J connectivity index is 1.26. The number of rotatable bonds is 6. The van der Waals surface area contributed by atoms with Crippen molar-refractivity contribution in [2.24, 2.45) is 11.1 Å². The molecule has 0 unspecified atom stereocenters. The van der Waals surface area contributed by atoms with Gasteiger partial charge in [0.25, 0.3) is 5.91 Å². The molecule has 15 heteroatoms. The van der Waals surface area contributed by atoms with E-state index in [1.165, 1.54) is 5.01 Å². The van der Waals surface area contributed by atoms with Crippen molar-refractivity contribution in [3.8, 4) is 0 Å². The Morgan fingerprint density at radius 2 is 1.92 bits per heavy atom. The van der Waals surface area contributed by atoms with Crippen molar-refractivity contribution in [3.63, 3.8) is 0 Å². The van der Waals surface area contributed by atoms with Crippen molar-refractivity contribution in [1.29, 1.82) is 0 Å². The van der Waals surface area contributed by atoms with E-state index < -0.39 is 47.3 Å². The average molecular weight is 538 g/mol. The maximum absolute atomic E-state index is 13.2. The largest absolute Gasteiger partial charge is 0.417 e. The number of carbonyl (C=O) groups excluding carboxylic acids is 3. The first-order chi connectivity index (χ1) is 17.5. The third kappa shape index (κ3) is 4.31. The van der Waals surface area contributed by atoms with Crippen LogP contribution >= 0.6 is 11.6 Å². The molecule has 2 saturated heterocycles. The summed E-state index contributed by atoms with van der Waals surface area (Å²) in [4.78, 5) is 48.6. The number of carbonyl (C=O) groups is 3. The van der Waals surface area contributed by atoms with Crippen molar-refractivity contribution in [2.45, 2.75) is 24.9 Å². The lowest BCUT2D eigenvalue weighted by molar-refractivity contribution is -0.142. The lowest BCUT2D eigenvalue weighted by Gasteiger charge is -2.26. The van der Waals surface area contributed by atoms with E-state index in [1.807, 2.05) is 0 Å². The highest BCUT2D eigenvalue weighted by Gasteiger charge is 2.61. The third-order valence-corrected chi connectivity index (χ3v) is 6.41. The number of benzene rings is 1. The molecule has 2 aromatic rings. The minimum atomic E-state index is -4.59. The van der Waals surface area contributed by atoms with E-state index in [-0.39, 0.29) is 29.6 Å². The van der Waals surface area contributed by atoms with Crippen LogP contribution in [0.2, 0.25) is 5.02 Å². The molecule has 37 heavy (non-hydrogen) atoms. The zero-order valence-electron chi connectivity index (χ0n) is 19.0. The van der Waals surface area contributed by atoms with Gasteiger partial charge in [0.2, 0.25) is 12.0 Å². The van der Waals surface area contributed by atoms with Crippen molar-refractivity contribution >= 4 is 46.7 Å². The van der Waals surface area contributed by atoms with Crippen LogP contribution in [0.1, 0.15) is 12.5 Å². The average Bonchev–Trinajstić information content (AvgIpc) is 3.49. The summed E-state index contributed by atoms with van der Waals surface area (Å²) in [5.74, 6) is -2.32. The number of fused-ring (bicyclic) bond motifs is 1. The van der Waals surface area contributed by atoms with Gasteiger partial charge in [-0.25, -0.2) is 14.8 Å². The number of para-hydroxylation sites is 1. The first-order valence-electron chi connectivity index (χ1n) is 11.0. The topological polar surface area (TPSA) is 128 Å². The number of aromatic nitrogens is 1. The number of likely N-dealkylation sites (tertiary alicyclic amines) is 1. The zero-order chi connectivity index (χ0) is 26.5. The summed E-state index contributed by atoms with van der Waals surface area (Å²) in [5, 5.41) is 10.4. The minimum absolute atomic E-state index is 0.0289. The van der Waals surface area contributed by atoms with E-state index in [9.17, 15) is 27.6 Å². The van der Waals surface area contributed by atoms with Gasteiger partial charge in [-0.2, -0.15) is 18.6 Å². The lowest BCUT2D eigenvalue weighted by atomic mass is 9.91. The SMILES string of the molecule is C[C@@]1(C2=NO[C@H]3C(=O)N(CCNc4ncc(C(F)(F)F)cc4Cl)C(=O)[C@@H]23)NC(=O)N(c2ccccc2)N1. The first-order valence-corrected chi connectivity index (χ1v) is 11.4. The molecular formula is C22H19ClF3N7O4. The highest BCUT2D eigenvalue weighted by Crippen LogP contribution is 2.35. The van der Waals surface area contributed by atoms with Crippen LogP contribution in [0.15, 0.2) is 47.8 Å². The number of urea groups is 1. The number of hydrazine groups is 1. The summed E-state index contributed by atoms with van der Waals surface area (Å²) >= 11 is 5.89. The van der Waals surface area contributed by atoms with Crippen LogP contribution in [0.25, 0.3) is 0 Å². The van der Waals surface area contributed by atoms with Gasteiger partial charge in [-0.05, 0) is 25.1 Å². The molecule has 3 aliphatic heterocycles. The molecule has 0 spiro atoms. The molecule has 2 fully saturated rings. The number of oxime groups is 1. The maximum Gasteiger partial charge on any atom is 0.417 e. The Morgan fingerprint density at radius 3 is 2.59 bits per heavy atom. The highest BCUT2D eigenvalue weighted by atomic mass is 35.5. The summed E-state index contributed by atoms with van der Waals surface area (Å²) in [6.07, 6.45) is -5.16. The predicted octanol–water partition coefficient (Wildman–Crippen LogP) is 2.36. The molecule has 0 radical (unpaired) electrons. The fourth-order valence-corrected chi connectivity index (χ4v) is 4.56. The number of amides is 4. The molecule has 0 saturated carbocycles. The van der Waals surface area contributed by atoms with Crippen LogP contribution in [0.5, 0.6) is 0 Å². The Labute approximate surface area is 212 Å². The van der Waals surface area contributed by atoms with Crippen LogP contribution in [0.4, 0.5) is 29.5 Å². The van der Waals surface area contributed by atoms with Crippen LogP contribution in [0, 0.1) is 5.92 Å². The molecule has 0 aliphatic carbocycles. The smallest absolute Gasteiger partial charge is 0.381 e. The van der Waals surface area contributed by atoms with Crippen LogP contribution < -0.4 is 21.1 Å². The number of halogens is 4. The minimum Gasteiger partial charge on any atom is -0.381 e. The van der Waals surface area contributed by atoms with E-state index >= 15 is 0 Å². The second-order valence-electron chi connectivity index (χ2n) is 8.63. The molecule has 1 aromatic carbocycles. The first kappa shape index (κ1) is 24.8. The number of nitrogens with one attached hydrogen (secondary N) is 3. The van der Waals surface area contributed by atoms with Gasteiger partial charge in [-0.1, -0.05) is 35.0 Å². The third-order valence-electron chi connectivity index (χ3n) is 6.12. The second-order valence-corrected chi connectivity index (χ2v) is 9.03. The summed E-state index contributed by atoms with van der Waals surface area (Å²) < 4.78 is 38.4.